The van der Waals surface area contributed by atoms with Crippen molar-refractivity contribution in [2.24, 2.45) is 5.73 Å². The molecule has 0 amide bonds. The van der Waals surface area contributed by atoms with E-state index >= 15 is 0 Å². The summed E-state index contributed by atoms with van der Waals surface area (Å²) >= 11 is 5.91. The lowest BCUT2D eigenvalue weighted by molar-refractivity contribution is -0.137. The van der Waals surface area contributed by atoms with E-state index < -0.39 is 23.6 Å². The van der Waals surface area contributed by atoms with Crippen LogP contribution in [0.2, 0.25) is 5.02 Å². The minimum atomic E-state index is -4.38. The fraction of sp³-hybridized carbons (Fsp3) is 0.200. The van der Waals surface area contributed by atoms with Crippen molar-refractivity contribution in [2.75, 3.05) is 0 Å². The molecule has 2 aromatic carbocycles. The monoisotopic (exact) mass is 317 g/mol. The second-order valence-electron chi connectivity index (χ2n) is 4.64. The Kier molecular flexibility index (Phi) is 4.54. The van der Waals surface area contributed by atoms with Crippen LogP contribution in [-0.2, 0) is 12.6 Å². The molecule has 21 heavy (non-hydrogen) atoms. The molecule has 0 spiro atoms. The maximum absolute atomic E-state index is 13.7. The number of alkyl halides is 3. The van der Waals surface area contributed by atoms with Gasteiger partial charge in [0.05, 0.1) is 5.56 Å². The molecule has 1 unspecified atom stereocenters. The summed E-state index contributed by atoms with van der Waals surface area (Å²) in [5, 5.41) is 0.203. The molecule has 0 aliphatic carbocycles. The van der Waals surface area contributed by atoms with Crippen LogP contribution >= 0.6 is 11.6 Å². The van der Waals surface area contributed by atoms with E-state index in [1.54, 1.807) is 0 Å². The van der Waals surface area contributed by atoms with Gasteiger partial charge in [-0.25, -0.2) is 4.39 Å². The van der Waals surface area contributed by atoms with Crippen molar-refractivity contribution in [1.82, 2.24) is 0 Å². The molecule has 0 fully saturated rings. The molecule has 0 bridgehead atoms. The second kappa shape index (κ2) is 6.03. The first-order chi connectivity index (χ1) is 9.79. The predicted octanol–water partition coefficient (Wildman–Crippen LogP) is 4.74. The molecule has 0 radical (unpaired) electrons. The van der Waals surface area contributed by atoms with E-state index in [2.05, 4.69) is 0 Å². The van der Waals surface area contributed by atoms with E-state index in [1.807, 2.05) is 0 Å². The van der Waals surface area contributed by atoms with Gasteiger partial charge in [-0.2, -0.15) is 13.2 Å². The summed E-state index contributed by atoms with van der Waals surface area (Å²) in [5.74, 6) is -0.526. The number of hydrogen-bond acceptors (Lipinski definition) is 1. The summed E-state index contributed by atoms with van der Waals surface area (Å²) in [6.45, 7) is 0. The Labute approximate surface area is 124 Å². The molecule has 2 N–H and O–H groups in total. The Hall–Kier alpha value is -1.59. The molecule has 2 rings (SSSR count). The standard InChI is InChI=1S/C15H12ClF4N/c16-11-2-1-3-12(17)14(11)13(21)8-9-4-6-10(7-5-9)15(18,19)20/h1-7,13H,8,21H2. The second-order valence-corrected chi connectivity index (χ2v) is 5.05. The molecule has 2 aromatic rings. The number of nitrogens with two attached hydrogens (primary N) is 1. The van der Waals surface area contributed by atoms with Crippen LogP contribution in [0.4, 0.5) is 17.6 Å². The van der Waals surface area contributed by atoms with Crippen LogP contribution in [0.15, 0.2) is 42.5 Å². The third-order valence-electron chi connectivity index (χ3n) is 3.11. The van der Waals surface area contributed by atoms with Gasteiger partial charge in [0.2, 0.25) is 0 Å². The molecule has 1 nitrogen and oxygen atoms in total. The summed E-state index contributed by atoms with van der Waals surface area (Å²) in [6, 6.07) is 8.12. The minimum Gasteiger partial charge on any atom is -0.324 e. The first kappa shape index (κ1) is 15.8. The number of hydrogen-bond donors (Lipinski definition) is 1. The fourth-order valence-corrected chi connectivity index (χ4v) is 2.35. The third-order valence-corrected chi connectivity index (χ3v) is 3.44. The SMILES string of the molecule is NC(Cc1ccc(C(F)(F)F)cc1)c1c(F)cccc1Cl. The van der Waals surface area contributed by atoms with E-state index in [-0.39, 0.29) is 17.0 Å². The number of halogens is 5. The highest BCUT2D eigenvalue weighted by atomic mass is 35.5. The van der Waals surface area contributed by atoms with Gasteiger partial charge in [-0.15, -0.1) is 0 Å². The Morgan fingerprint density at radius 1 is 1.05 bits per heavy atom. The molecule has 6 heteroatoms. The summed E-state index contributed by atoms with van der Waals surface area (Å²) < 4.78 is 51.1. The average Bonchev–Trinajstić information content (AvgIpc) is 2.38. The van der Waals surface area contributed by atoms with Gasteiger partial charge in [0.15, 0.2) is 0 Å². The zero-order valence-corrected chi connectivity index (χ0v) is 11.5. The zero-order valence-electron chi connectivity index (χ0n) is 10.8. The van der Waals surface area contributed by atoms with Crippen LogP contribution in [0, 0.1) is 5.82 Å². The molecular weight excluding hydrogens is 306 g/mol. The van der Waals surface area contributed by atoms with Gasteiger partial charge in [0.1, 0.15) is 5.82 Å². The topological polar surface area (TPSA) is 26.0 Å². The molecule has 0 aliphatic rings. The van der Waals surface area contributed by atoms with Crippen molar-refractivity contribution in [3.63, 3.8) is 0 Å². The highest BCUT2D eigenvalue weighted by Gasteiger charge is 2.30. The lowest BCUT2D eigenvalue weighted by Crippen LogP contribution is -2.16. The van der Waals surface area contributed by atoms with Crippen molar-refractivity contribution in [2.45, 2.75) is 18.6 Å². The molecule has 0 aliphatic heterocycles. The summed E-state index contributed by atoms with van der Waals surface area (Å²) in [5.41, 5.74) is 5.92. The molecule has 0 heterocycles. The maximum atomic E-state index is 13.7. The highest BCUT2D eigenvalue weighted by molar-refractivity contribution is 6.31. The van der Waals surface area contributed by atoms with Crippen molar-refractivity contribution >= 4 is 11.6 Å². The van der Waals surface area contributed by atoms with Gasteiger partial charge in [0, 0.05) is 16.6 Å². The first-order valence-corrected chi connectivity index (χ1v) is 6.52. The van der Waals surface area contributed by atoms with E-state index in [4.69, 9.17) is 17.3 Å². The lowest BCUT2D eigenvalue weighted by Gasteiger charge is -2.15. The first-order valence-electron chi connectivity index (χ1n) is 6.14. The summed E-state index contributed by atoms with van der Waals surface area (Å²) in [4.78, 5) is 0. The Balaban J connectivity index is 2.18. The predicted molar refractivity (Wildman–Crippen MR) is 73.5 cm³/mol. The van der Waals surface area contributed by atoms with Gasteiger partial charge in [-0.1, -0.05) is 29.8 Å². The molecule has 0 aromatic heterocycles. The smallest absolute Gasteiger partial charge is 0.324 e. The third kappa shape index (κ3) is 3.74. The molecule has 0 saturated heterocycles. The van der Waals surface area contributed by atoms with Gasteiger partial charge in [-0.05, 0) is 36.2 Å². The number of benzene rings is 2. The van der Waals surface area contributed by atoms with Crippen molar-refractivity contribution in [3.05, 3.63) is 70.0 Å². The molecular formula is C15H12ClF4N. The minimum absolute atomic E-state index is 0.166. The van der Waals surface area contributed by atoms with Gasteiger partial charge in [0.25, 0.3) is 0 Å². The van der Waals surface area contributed by atoms with Crippen LogP contribution in [0.5, 0.6) is 0 Å². The Bertz CT molecular complexity index is 602. The zero-order chi connectivity index (χ0) is 15.6. The Morgan fingerprint density at radius 3 is 2.19 bits per heavy atom. The highest BCUT2D eigenvalue weighted by Crippen LogP contribution is 2.30. The van der Waals surface area contributed by atoms with Crippen LogP contribution < -0.4 is 5.73 Å². The lowest BCUT2D eigenvalue weighted by atomic mass is 9.98. The van der Waals surface area contributed by atoms with Crippen molar-refractivity contribution in [3.8, 4) is 0 Å². The van der Waals surface area contributed by atoms with Gasteiger partial charge >= 0.3 is 6.18 Å². The average molecular weight is 318 g/mol. The largest absolute Gasteiger partial charge is 0.416 e. The van der Waals surface area contributed by atoms with Crippen molar-refractivity contribution < 1.29 is 17.6 Å². The van der Waals surface area contributed by atoms with Crippen LogP contribution in [0.25, 0.3) is 0 Å². The van der Waals surface area contributed by atoms with Gasteiger partial charge < -0.3 is 5.73 Å². The normalized spacial score (nSPS) is 13.2. The molecule has 112 valence electrons. The summed E-state index contributed by atoms with van der Waals surface area (Å²) in [7, 11) is 0. The van der Waals surface area contributed by atoms with Crippen molar-refractivity contribution in [1.29, 1.82) is 0 Å². The number of rotatable bonds is 3. The fourth-order valence-electron chi connectivity index (χ4n) is 2.05. The van der Waals surface area contributed by atoms with Crippen LogP contribution in [0.3, 0.4) is 0 Å². The summed E-state index contributed by atoms with van der Waals surface area (Å²) in [6.07, 6.45) is -4.19. The molecule has 1 atom stereocenters. The maximum Gasteiger partial charge on any atom is 0.416 e. The van der Waals surface area contributed by atoms with Gasteiger partial charge in [-0.3, -0.25) is 0 Å². The Morgan fingerprint density at radius 2 is 1.67 bits per heavy atom. The van der Waals surface area contributed by atoms with Crippen LogP contribution in [-0.4, -0.2) is 0 Å². The van der Waals surface area contributed by atoms with E-state index in [0.29, 0.717) is 5.56 Å². The quantitative estimate of drug-likeness (QED) is 0.813. The van der Waals surface area contributed by atoms with E-state index in [9.17, 15) is 17.6 Å². The van der Waals surface area contributed by atoms with E-state index in [0.717, 1.165) is 12.1 Å². The molecule has 0 saturated carbocycles. The van der Waals surface area contributed by atoms with Crippen LogP contribution in [0.1, 0.15) is 22.7 Å². The van der Waals surface area contributed by atoms with E-state index in [1.165, 1.54) is 30.3 Å².